The summed E-state index contributed by atoms with van der Waals surface area (Å²) in [6, 6.07) is 0. The van der Waals surface area contributed by atoms with Crippen molar-refractivity contribution in [3.8, 4) is 0 Å². The number of hydrogen-bond acceptors (Lipinski definition) is 5. The summed E-state index contributed by atoms with van der Waals surface area (Å²) < 4.78 is 11.3. The van der Waals surface area contributed by atoms with Crippen molar-refractivity contribution in [3.05, 3.63) is 35.5 Å². The van der Waals surface area contributed by atoms with Crippen LogP contribution < -0.4 is 0 Å². The number of ether oxygens (including phenoxy) is 2. The van der Waals surface area contributed by atoms with Crippen LogP contribution in [0.2, 0.25) is 0 Å². The van der Waals surface area contributed by atoms with Crippen LogP contribution in [-0.2, 0) is 19.1 Å². The molecule has 0 aromatic carbocycles. The lowest BCUT2D eigenvalue weighted by molar-refractivity contribution is -0.154. The molecule has 2 heterocycles. The topological polar surface area (TPSA) is 76.1 Å². The minimum Gasteiger partial charge on any atom is -0.457 e. The third-order valence-electron chi connectivity index (χ3n) is 6.16. The Morgan fingerprint density at radius 3 is 2.68 bits per heavy atom. The number of allylic oxidation sites excluding steroid dienone is 2. The van der Waals surface area contributed by atoms with E-state index in [1.54, 1.807) is 19.1 Å². The summed E-state index contributed by atoms with van der Waals surface area (Å²) in [6.45, 7) is 9.56. The Labute approximate surface area is 147 Å². The monoisotopic (exact) mass is 344 g/mol. The molecule has 25 heavy (non-hydrogen) atoms. The largest absolute Gasteiger partial charge is 0.457 e. The molecule has 5 nitrogen and oxygen atoms in total. The first kappa shape index (κ1) is 16.7. The fraction of sp³-hybridized carbons (Fsp3) is 0.600. The smallest absolute Gasteiger partial charge is 0.341 e. The molecule has 0 saturated carbocycles. The van der Waals surface area contributed by atoms with Crippen molar-refractivity contribution in [1.82, 2.24) is 0 Å². The molecule has 0 amide bonds. The van der Waals surface area contributed by atoms with Crippen LogP contribution in [0.25, 0.3) is 0 Å². The van der Waals surface area contributed by atoms with Crippen LogP contribution in [0, 0.1) is 11.8 Å². The van der Waals surface area contributed by atoms with Gasteiger partial charge in [-0.05, 0) is 57.3 Å². The Kier molecular flexibility index (Phi) is 3.44. The van der Waals surface area contributed by atoms with E-state index in [1.165, 1.54) is 0 Å². The second-order valence-electron chi connectivity index (χ2n) is 8.11. The maximum atomic E-state index is 12.8. The number of fused-ring (bicyclic) bond motifs is 1. The van der Waals surface area contributed by atoms with Gasteiger partial charge >= 0.3 is 5.97 Å². The predicted molar refractivity (Wildman–Crippen MR) is 90.6 cm³/mol. The number of hydrogen-bond donors (Lipinski definition) is 1. The second kappa shape index (κ2) is 5.15. The Bertz CT molecular complexity index is 747. The van der Waals surface area contributed by atoms with Crippen molar-refractivity contribution < 1.29 is 24.2 Å². The Morgan fingerprint density at radius 2 is 2.04 bits per heavy atom. The summed E-state index contributed by atoms with van der Waals surface area (Å²) in [7, 11) is 0. The van der Waals surface area contributed by atoms with Crippen LogP contribution in [0.5, 0.6) is 0 Å². The molecular formula is C20H24O5. The first-order valence-electron chi connectivity index (χ1n) is 8.86. The lowest BCUT2D eigenvalue weighted by atomic mass is 9.73. The van der Waals surface area contributed by atoms with Gasteiger partial charge < -0.3 is 14.6 Å². The van der Waals surface area contributed by atoms with Crippen LogP contribution >= 0.6 is 0 Å². The fourth-order valence-electron chi connectivity index (χ4n) is 4.92. The van der Waals surface area contributed by atoms with E-state index >= 15 is 0 Å². The molecule has 2 aliphatic heterocycles. The van der Waals surface area contributed by atoms with Gasteiger partial charge in [-0.3, -0.25) is 4.79 Å². The molecule has 2 fully saturated rings. The number of aliphatic hydroxyl groups is 1. The van der Waals surface area contributed by atoms with Gasteiger partial charge in [0.2, 0.25) is 0 Å². The number of carbonyl (C=O) groups excluding carboxylic acids is 2. The summed E-state index contributed by atoms with van der Waals surface area (Å²) in [5, 5.41) is 11.3. The Morgan fingerprint density at radius 1 is 1.32 bits per heavy atom. The van der Waals surface area contributed by atoms with E-state index in [9.17, 15) is 14.7 Å². The molecule has 0 unspecified atom stereocenters. The highest BCUT2D eigenvalue weighted by Crippen LogP contribution is 2.54. The third-order valence-corrected chi connectivity index (χ3v) is 6.16. The number of rotatable bonds is 1. The number of ketones is 1. The highest BCUT2D eigenvalue weighted by atomic mass is 16.7. The quantitative estimate of drug-likeness (QED) is 0.448. The first-order valence-corrected chi connectivity index (χ1v) is 8.86. The van der Waals surface area contributed by atoms with Crippen molar-refractivity contribution in [2.45, 2.75) is 63.4 Å². The highest BCUT2D eigenvalue weighted by molar-refractivity contribution is 6.01. The van der Waals surface area contributed by atoms with E-state index in [0.717, 1.165) is 11.1 Å². The van der Waals surface area contributed by atoms with Gasteiger partial charge in [-0.2, -0.15) is 0 Å². The Hall–Kier alpha value is -1.72. The number of carbonyl (C=O) groups is 2. The maximum absolute atomic E-state index is 12.8. The lowest BCUT2D eigenvalue weighted by Gasteiger charge is -2.33. The standard InChI is InChI=1S/C20H24O5/c1-10(2)13-5-6-20-17(25-20)14(24-18(20)22)7-11(3)8-19(23)9-12(4)16(21)15(13)19/h8-9,13-15,17,23H,1,5-7H2,2-4H3/b11-8+/t13-,14+,15+,17+,19-,20+/m0/s1. The molecule has 6 atom stereocenters. The van der Waals surface area contributed by atoms with Crippen LogP contribution in [0.1, 0.15) is 40.0 Å². The normalized spacial score (nSPS) is 47.7. The van der Waals surface area contributed by atoms with Crippen LogP contribution in [0.15, 0.2) is 35.5 Å². The molecule has 1 N–H and O–H groups in total. The van der Waals surface area contributed by atoms with Gasteiger partial charge in [-0.25, -0.2) is 4.79 Å². The average Bonchev–Trinajstić information content (AvgIpc) is 3.12. The average molecular weight is 344 g/mol. The van der Waals surface area contributed by atoms with Crippen LogP contribution in [-0.4, -0.2) is 40.3 Å². The second-order valence-corrected chi connectivity index (χ2v) is 8.11. The molecule has 0 radical (unpaired) electrons. The Balaban J connectivity index is 1.79. The fourth-order valence-corrected chi connectivity index (χ4v) is 4.92. The zero-order valence-electron chi connectivity index (χ0n) is 14.9. The van der Waals surface area contributed by atoms with Crippen molar-refractivity contribution in [2.24, 2.45) is 11.8 Å². The van der Waals surface area contributed by atoms with E-state index in [1.807, 2.05) is 13.8 Å². The summed E-state index contributed by atoms with van der Waals surface area (Å²) in [6.07, 6.45) is 4.44. The molecule has 134 valence electrons. The van der Waals surface area contributed by atoms with E-state index in [-0.39, 0.29) is 29.9 Å². The first-order chi connectivity index (χ1) is 11.7. The molecule has 0 aromatic rings. The van der Waals surface area contributed by atoms with Crippen molar-refractivity contribution in [3.63, 3.8) is 0 Å². The molecular weight excluding hydrogens is 320 g/mol. The van der Waals surface area contributed by atoms with Crippen molar-refractivity contribution in [2.75, 3.05) is 0 Å². The van der Waals surface area contributed by atoms with Gasteiger partial charge in [0, 0.05) is 6.42 Å². The summed E-state index contributed by atoms with van der Waals surface area (Å²) in [5.41, 5.74) is 0.129. The minimum absolute atomic E-state index is 0.0442. The zero-order chi connectivity index (χ0) is 18.1. The molecule has 0 spiro atoms. The third kappa shape index (κ3) is 2.29. The van der Waals surface area contributed by atoms with Crippen molar-refractivity contribution in [1.29, 1.82) is 0 Å². The van der Waals surface area contributed by atoms with Crippen LogP contribution in [0.4, 0.5) is 0 Å². The molecule has 2 saturated heterocycles. The number of Topliss-reactive ketones (excluding diaryl/α,β-unsaturated/α-hetero) is 1. The van der Waals surface area contributed by atoms with E-state index < -0.39 is 17.1 Å². The maximum Gasteiger partial charge on any atom is 0.341 e. The molecule has 2 aliphatic carbocycles. The molecule has 5 heteroatoms. The van der Waals surface area contributed by atoms with Gasteiger partial charge in [0.1, 0.15) is 17.8 Å². The van der Waals surface area contributed by atoms with Gasteiger partial charge in [0.25, 0.3) is 0 Å². The summed E-state index contributed by atoms with van der Waals surface area (Å²) in [4.78, 5) is 25.1. The van der Waals surface area contributed by atoms with Gasteiger partial charge in [0.05, 0.1) is 5.92 Å². The lowest BCUT2D eigenvalue weighted by Crippen LogP contribution is -2.41. The summed E-state index contributed by atoms with van der Waals surface area (Å²) in [5.74, 6) is -1.16. The SMILES string of the molecule is C=C(C)[C@@H]1CC[C@@]23O[C@@H]2[C@@H](C/C(C)=C/[C@]2(O)C=C(C)C(=O)[C@@H]12)OC3=O. The van der Waals surface area contributed by atoms with Crippen molar-refractivity contribution >= 4 is 11.8 Å². The minimum atomic E-state index is -1.31. The zero-order valence-corrected chi connectivity index (χ0v) is 14.9. The molecule has 4 rings (SSSR count). The van der Waals surface area contributed by atoms with Gasteiger partial charge in [0.15, 0.2) is 11.4 Å². The summed E-state index contributed by atoms with van der Waals surface area (Å²) >= 11 is 0. The number of esters is 1. The van der Waals surface area contributed by atoms with Gasteiger partial charge in [-0.15, -0.1) is 0 Å². The number of epoxide rings is 1. The van der Waals surface area contributed by atoms with Gasteiger partial charge in [-0.1, -0.05) is 17.7 Å². The predicted octanol–water partition coefficient (Wildman–Crippen LogP) is 2.25. The molecule has 4 aliphatic rings. The molecule has 0 aromatic heterocycles. The highest BCUT2D eigenvalue weighted by Gasteiger charge is 2.72. The van der Waals surface area contributed by atoms with E-state index in [4.69, 9.17) is 9.47 Å². The molecule has 2 bridgehead atoms. The van der Waals surface area contributed by atoms with Crippen LogP contribution in [0.3, 0.4) is 0 Å². The van der Waals surface area contributed by atoms with E-state index in [0.29, 0.717) is 24.8 Å². The van der Waals surface area contributed by atoms with E-state index in [2.05, 4.69) is 6.58 Å².